The van der Waals surface area contributed by atoms with Crippen LogP contribution in [0.4, 0.5) is 0 Å². The molecule has 0 unspecified atom stereocenters. The number of hydrogen-bond donors (Lipinski definition) is 1. The molecule has 0 bridgehead atoms. The van der Waals surface area contributed by atoms with E-state index >= 15 is 0 Å². The average molecular weight is 473 g/mol. The Morgan fingerprint density at radius 1 is 1.20 bits per heavy atom. The van der Waals surface area contributed by atoms with E-state index in [-0.39, 0.29) is 0 Å². The number of furan rings is 1. The third-order valence-corrected chi connectivity index (χ3v) is 6.46. The van der Waals surface area contributed by atoms with Gasteiger partial charge in [0.1, 0.15) is 11.6 Å². The predicted octanol–water partition coefficient (Wildman–Crippen LogP) is 4.11. The molecule has 1 aromatic carbocycles. The molecule has 0 radical (unpaired) electrons. The summed E-state index contributed by atoms with van der Waals surface area (Å²) in [5.74, 6) is 2.47. The first kappa shape index (κ1) is 23.3. The summed E-state index contributed by atoms with van der Waals surface area (Å²) < 4.78 is 11.7. The Bertz CT molecular complexity index is 1360. The van der Waals surface area contributed by atoms with Gasteiger partial charge in [0, 0.05) is 60.9 Å². The zero-order valence-electron chi connectivity index (χ0n) is 20.6. The molecule has 8 nitrogen and oxygen atoms in total. The minimum atomic E-state index is 0.558. The van der Waals surface area contributed by atoms with Crippen LogP contribution in [-0.4, -0.2) is 78.4 Å². The van der Waals surface area contributed by atoms with Gasteiger partial charge in [0.2, 0.25) is 5.71 Å². The first-order valence-corrected chi connectivity index (χ1v) is 12.1. The number of rotatable bonds is 6. The van der Waals surface area contributed by atoms with Crippen LogP contribution in [0, 0.1) is 0 Å². The normalized spacial score (nSPS) is 15.6. The van der Waals surface area contributed by atoms with E-state index in [0.29, 0.717) is 31.2 Å². The van der Waals surface area contributed by atoms with E-state index in [1.165, 1.54) is 5.56 Å². The Labute approximate surface area is 205 Å². The lowest BCUT2D eigenvalue weighted by Gasteiger charge is -2.29. The lowest BCUT2D eigenvalue weighted by molar-refractivity contribution is 0.0673. The Morgan fingerprint density at radius 3 is 2.86 bits per heavy atom. The van der Waals surface area contributed by atoms with Crippen LogP contribution >= 0.6 is 0 Å². The second-order valence-electron chi connectivity index (χ2n) is 8.88. The Kier molecular flexibility index (Phi) is 6.92. The summed E-state index contributed by atoms with van der Waals surface area (Å²) in [6.45, 7) is 6.94. The molecule has 8 heteroatoms. The van der Waals surface area contributed by atoms with Crippen LogP contribution in [0.5, 0.6) is 0 Å². The van der Waals surface area contributed by atoms with Gasteiger partial charge >= 0.3 is 0 Å². The maximum absolute atomic E-state index is 6.15. The van der Waals surface area contributed by atoms with Crippen molar-refractivity contribution in [2.45, 2.75) is 19.9 Å². The van der Waals surface area contributed by atoms with Crippen molar-refractivity contribution in [3.63, 3.8) is 0 Å². The summed E-state index contributed by atoms with van der Waals surface area (Å²) in [5.41, 5.74) is 3.91. The zero-order chi connectivity index (χ0) is 24.2. The molecule has 0 saturated carbocycles. The third kappa shape index (κ3) is 5.13. The molecule has 1 N–H and O–H groups in total. The summed E-state index contributed by atoms with van der Waals surface area (Å²) in [7, 11) is 3.90. The SMILES string of the molecule is CCN(C)Cc1cnc2oc(CC(=NC(=NC)c3cccc4[nH]ccc34)N3CCOCC3)cc2c1. The van der Waals surface area contributed by atoms with E-state index in [9.17, 15) is 0 Å². The number of amidine groups is 2. The molecule has 1 aliphatic rings. The smallest absolute Gasteiger partial charge is 0.226 e. The molecule has 0 aliphatic carbocycles. The third-order valence-electron chi connectivity index (χ3n) is 6.46. The number of nitrogens with one attached hydrogen (secondary N) is 1. The highest BCUT2D eigenvalue weighted by atomic mass is 16.5. The van der Waals surface area contributed by atoms with Crippen LogP contribution in [0.3, 0.4) is 0 Å². The van der Waals surface area contributed by atoms with Gasteiger partial charge in [-0.05, 0) is 43.4 Å². The second kappa shape index (κ2) is 10.4. The molecule has 4 heterocycles. The van der Waals surface area contributed by atoms with E-state index in [2.05, 4.69) is 69.1 Å². The van der Waals surface area contributed by atoms with Gasteiger partial charge in [-0.25, -0.2) is 9.98 Å². The lowest BCUT2D eigenvalue weighted by atomic mass is 10.1. The Morgan fingerprint density at radius 2 is 2.06 bits per heavy atom. The molecular weight excluding hydrogens is 440 g/mol. The van der Waals surface area contributed by atoms with Gasteiger partial charge in [0.15, 0.2) is 5.84 Å². The van der Waals surface area contributed by atoms with Gasteiger partial charge in [-0.3, -0.25) is 4.99 Å². The molecule has 1 aliphatic heterocycles. The topological polar surface area (TPSA) is 82.2 Å². The highest BCUT2D eigenvalue weighted by Gasteiger charge is 2.20. The number of morpholine rings is 1. The molecule has 182 valence electrons. The summed E-state index contributed by atoms with van der Waals surface area (Å²) in [6, 6.07) is 12.5. The summed E-state index contributed by atoms with van der Waals surface area (Å²) >= 11 is 0. The van der Waals surface area contributed by atoms with E-state index < -0.39 is 0 Å². The van der Waals surface area contributed by atoms with Gasteiger partial charge in [0.25, 0.3) is 0 Å². The molecule has 3 aromatic heterocycles. The molecule has 5 rings (SSSR count). The minimum absolute atomic E-state index is 0.558. The first-order valence-electron chi connectivity index (χ1n) is 12.1. The average Bonchev–Trinajstić information content (AvgIpc) is 3.53. The first-order chi connectivity index (χ1) is 17.1. The van der Waals surface area contributed by atoms with Gasteiger partial charge in [-0.15, -0.1) is 0 Å². The zero-order valence-corrected chi connectivity index (χ0v) is 20.6. The van der Waals surface area contributed by atoms with Crippen LogP contribution in [0.1, 0.15) is 23.8 Å². The van der Waals surface area contributed by atoms with E-state index in [4.69, 9.17) is 14.1 Å². The monoisotopic (exact) mass is 472 g/mol. The second-order valence-corrected chi connectivity index (χ2v) is 8.88. The van der Waals surface area contributed by atoms with Gasteiger partial charge in [0.05, 0.1) is 19.6 Å². The van der Waals surface area contributed by atoms with Gasteiger partial charge in [-0.2, -0.15) is 0 Å². The highest BCUT2D eigenvalue weighted by Crippen LogP contribution is 2.22. The van der Waals surface area contributed by atoms with Crippen LogP contribution in [0.15, 0.2) is 63.2 Å². The Hall–Kier alpha value is -3.49. The number of H-pyrrole nitrogens is 1. The van der Waals surface area contributed by atoms with E-state index in [0.717, 1.165) is 59.6 Å². The minimum Gasteiger partial charge on any atom is -0.442 e. The molecule has 1 fully saturated rings. The predicted molar refractivity (Wildman–Crippen MR) is 140 cm³/mol. The van der Waals surface area contributed by atoms with Crippen molar-refractivity contribution in [1.82, 2.24) is 19.8 Å². The van der Waals surface area contributed by atoms with Gasteiger partial charge in [-0.1, -0.05) is 19.1 Å². The Balaban J connectivity index is 1.48. The fourth-order valence-electron chi connectivity index (χ4n) is 4.46. The van der Waals surface area contributed by atoms with Crippen molar-refractivity contribution in [3.8, 4) is 0 Å². The maximum Gasteiger partial charge on any atom is 0.226 e. The number of ether oxygens (including phenoxy) is 1. The van der Waals surface area contributed by atoms with Crippen molar-refractivity contribution in [1.29, 1.82) is 0 Å². The van der Waals surface area contributed by atoms with Crippen molar-refractivity contribution in [3.05, 3.63) is 65.7 Å². The molecular formula is C27H32N6O2. The van der Waals surface area contributed by atoms with Crippen molar-refractivity contribution < 1.29 is 9.15 Å². The standard InChI is InChI=1S/C27H32N6O2/c1-4-32(3)18-19-14-20-15-21(35-27(20)30-17-19)16-25(33-10-12-34-13-11-33)31-26(28-2)23-6-5-7-24-22(23)8-9-29-24/h5-9,14-15,17,29H,4,10-13,16,18H2,1-3H3. The maximum atomic E-state index is 6.15. The van der Waals surface area contributed by atoms with Crippen molar-refractivity contribution in [2.24, 2.45) is 9.98 Å². The number of fused-ring (bicyclic) bond motifs is 2. The van der Waals surface area contributed by atoms with E-state index in [1.54, 1.807) is 7.05 Å². The highest BCUT2D eigenvalue weighted by molar-refractivity contribution is 6.13. The van der Waals surface area contributed by atoms with Crippen LogP contribution in [-0.2, 0) is 17.7 Å². The van der Waals surface area contributed by atoms with Crippen LogP contribution in [0.25, 0.3) is 22.0 Å². The summed E-state index contributed by atoms with van der Waals surface area (Å²) in [6.07, 6.45) is 4.41. The molecule has 1 saturated heterocycles. The van der Waals surface area contributed by atoms with Crippen LogP contribution in [0.2, 0.25) is 0 Å². The molecule has 0 atom stereocenters. The molecule has 35 heavy (non-hydrogen) atoms. The number of hydrogen-bond acceptors (Lipinski definition) is 5. The summed E-state index contributed by atoms with van der Waals surface area (Å²) in [5, 5.41) is 2.13. The quantitative estimate of drug-likeness (QED) is 0.337. The van der Waals surface area contributed by atoms with Crippen molar-refractivity contribution in [2.75, 3.05) is 46.9 Å². The molecule has 0 amide bonds. The number of aromatic nitrogens is 2. The van der Waals surface area contributed by atoms with Crippen molar-refractivity contribution >= 4 is 33.7 Å². The number of nitrogens with zero attached hydrogens (tertiary/aromatic N) is 5. The number of benzene rings is 1. The largest absolute Gasteiger partial charge is 0.442 e. The van der Waals surface area contributed by atoms with Crippen LogP contribution < -0.4 is 0 Å². The fraction of sp³-hybridized carbons (Fsp3) is 0.370. The van der Waals surface area contributed by atoms with Gasteiger partial charge < -0.3 is 23.9 Å². The number of aromatic amines is 1. The van der Waals surface area contributed by atoms with E-state index in [1.807, 2.05) is 18.5 Å². The molecule has 0 spiro atoms. The molecule has 4 aromatic rings. The number of pyridine rings is 1. The number of aliphatic imine (C=N–C) groups is 2. The fourth-order valence-corrected chi connectivity index (χ4v) is 4.46. The lowest BCUT2D eigenvalue weighted by Crippen LogP contribution is -2.42. The summed E-state index contributed by atoms with van der Waals surface area (Å²) in [4.78, 5) is 22.0.